The number of amides is 1. The summed E-state index contributed by atoms with van der Waals surface area (Å²) in [5.74, 6) is 0.178. The van der Waals surface area contributed by atoms with E-state index in [0.29, 0.717) is 0 Å². The van der Waals surface area contributed by atoms with Gasteiger partial charge < -0.3 is 9.80 Å². The molecule has 0 bridgehead atoms. The van der Waals surface area contributed by atoms with E-state index in [1.54, 1.807) is 6.20 Å². The molecule has 1 amide bonds. The van der Waals surface area contributed by atoms with Crippen molar-refractivity contribution in [2.75, 3.05) is 32.7 Å². The minimum Gasteiger partial charge on any atom is -0.337 e. The van der Waals surface area contributed by atoms with Crippen molar-refractivity contribution in [3.63, 3.8) is 0 Å². The van der Waals surface area contributed by atoms with Crippen molar-refractivity contribution in [3.8, 4) is 5.69 Å². The van der Waals surface area contributed by atoms with E-state index in [9.17, 15) is 4.79 Å². The Kier molecular flexibility index (Phi) is 3.87. The Labute approximate surface area is 136 Å². The van der Waals surface area contributed by atoms with E-state index >= 15 is 0 Å². The number of aromatic nitrogens is 2. The third-order valence-electron chi connectivity index (χ3n) is 4.91. The summed E-state index contributed by atoms with van der Waals surface area (Å²) in [5, 5.41) is 4.26. The van der Waals surface area contributed by atoms with Crippen LogP contribution in [0, 0.1) is 0 Å². The average Bonchev–Trinajstić information content (AvgIpc) is 3.28. The Morgan fingerprint density at radius 3 is 2.74 bits per heavy atom. The molecule has 0 unspecified atom stereocenters. The average molecular weight is 310 g/mol. The molecule has 1 aromatic heterocycles. The quantitative estimate of drug-likeness (QED) is 0.867. The molecule has 1 aromatic carbocycles. The number of hydrogen-bond donors (Lipinski definition) is 0. The fraction of sp³-hybridized carbons (Fsp3) is 0.444. The van der Waals surface area contributed by atoms with E-state index in [1.165, 1.54) is 25.9 Å². The highest BCUT2D eigenvalue weighted by Crippen LogP contribution is 2.22. The number of rotatable bonds is 4. The fourth-order valence-electron chi connectivity index (χ4n) is 3.57. The SMILES string of the molecule is O=C1c2ccc(-n3cccn3)cc2CCN1CCN1CCCC1. The molecule has 0 atom stereocenters. The zero-order chi connectivity index (χ0) is 15.6. The van der Waals surface area contributed by atoms with Crippen LogP contribution in [-0.4, -0.2) is 58.2 Å². The minimum atomic E-state index is 0.178. The number of hydrogen-bond acceptors (Lipinski definition) is 3. The van der Waals surface area contributed by atoms with E-state index in [4.69, 9.17) is 0 Å². The van der Waals surface area contributed by atoms with Crippen LogP contribution in [-0.2, 0) is 6.42 Å². The van der Waals surface area contributed by atoms with Gasteiger partial charge in [0, 0.05) is 37.6 Å². The maximum absolute atomic E-state index is 12.7. The van der Waals surface area contributed by atoms with Gasteiger partial charge in [-0.25, -0.2) is 4.68 Å². The molecule has 3 heterocycles. The minimum absolute atomic E-state index is 0.178. The Bertz CT molecular complexity index is 689. The van der Waals surface area contributed by atoms with Crippen molar-refractivity contribution < 1.29 is 4.79 Å². The van der Waals surface area contributed by atoms with Crippen LogP contribution in [0.5, 0.6) is 0 Å². The second kappa shape index (κ2) is 6.16. The number of nitrogens with zero attached hydrogens (tertiary/aromatic N) is 4. The molecule has 0 saturated carbocycles. The van der Waals surface area contributed by atoms with E-state index in [1.807, 2.05) is 34.0 Å². The van der Waals surface area contributed by atoms with Crippen LogP contribution in [0.4, 0.5) is 0 Å². The first-order chi connectivity index (χ1) is 11.3. The molecule has 5 nitrogen and oxygen atoms in total. The summed E-state index contributed by atoms with van der Waals surface area (Å²) in [6.07, 6.45) is 7.22. The summed E-state index contributed by atoms with van der Waals surface area (Å²) in [6.45, 7) is 5.05. The number of benzene rings is 1. The first-order valence-corrected chi connectivity index (χ1v) is 8.46. The Morgan fingerprint density at radius 1 is 1.09 bits per heavy atom. The van der Waals surface area contributed by atoms with Gasteiger partial charge in [-0.2, -0.15) is 5.10 Å². The van der Waals surface area contributed by atoms with E-state index in [0.717, 1.165) is 42.9 Å². The Morgan fingerprint density at radius 2 is 1.96 bits per heavy atom. The third-order valence-corrected chi connectivity index (χ3v) is 4.91. The molecule has 0 aliphatic carbocycles. The van der Waals surface area contributed by atoms with E-state index < -0.39 is 0 Å². The van der Waals surface area contributed by atoms with Gasteiger partial charge in [-0.15, -0.1) is 0 Å². The van der Waals surface area contributed by atoms with Crippen molar-refractivity contribution in [3.05, 3.63) is 47.8 Å². The van der Waals surface area contributed by atoms with Crippen molar-refractivity contribution in [1.82, 2.24) is 19.6 Å². The number of fused-ring (bicyclic) bond motifs is 1. The highest BCUT2D eigenvalue weighted by atomic mass is 16.2. The molecule has 4 rings (SSSR count). The Balaban J connectivity index is 1.48. The van der Waals surface area contributed by atoms with Gasteiger partial charge >= 0.3 is 0 Å². The summed E-state index contributed by atoms with van der Waals surface area (Å²) in [4.78, 5) is 17.2. The zero-order valence-electron chi connectivity index (χ0n) is 13.3. The second-order valence-electron chi connectivity index (χ2n) is 6.38. The lowest BCUT2D eigenvalue weighted by Gasteiger charge is -2.30. The predicted molar refractivity (Wildman–Crippen MR) is 88.8 cm³/mol. The monoisotopic (exact) mass is 310 g/mol. The lowest BCUT2D eigenvalue weighted by molar-refractivity contribution is 0.0724. The van der Waals surface area contributed by atoms with Crippen molar-refractivity contribution >= 4 is 5.91 Å². The third kappa shape index (κ3) is 2.88. The van der Waals surface area contributed by atoms with Gasteiger partial charge in [-0.3, -0.25) is 4.79 Å². The van der Waals surface area contributed by atoms with Gasteiger partial charge in [0.1, 0.15) is 0 Å². The van der Waals surface area contributed by atoms with Gasteiger partial charge in [-0.05, 0) is 62.2 Å². The van der Waals surface area contributed by atoms with Crippen LogP contribution >= 0.6 is 0 Å². The summed E-state index contributed by atoms with van der Waals surface area (Å²) < 4.78 is 1.84. The highest BCUT2D eigenvalue weighted by molar-refractivity contribution is 5.97. The van der Waals surface area contributed by atoms with Gasteiger partial charge in [0.15, 0.2) is 0 Å². The second-order valence-corrected chi connectivity index (χ2v) is 6.38. The normalized spacial score (nSPS) is 18.4. The molecule has 2 aliphatic heterocycles. The van der Waals surface area contributed by atoms with Crippen LogP contribution in [0.3, 0.4) is 0 Å². The lowest BCUT2D eigenvalue weighted by atomic mass is 9.98. The van der Waals surface area contributed by atoms with Crippen LogP contribution in [0.2, 0.25) is 0 Å². The Hall–Kier alpha value is -2.14. The predicted octanol–water partition coefficient (Wildman–Crippen LogP) is 1.97. The molecule has 0 radical (unpaired) electrons. The van der Waals surface area contributed by atoms with Gasteiger partial charge in [-0.1, -0.05) is 0 Å². The van der Waals surface area contributed by atoms with Gasteiger partial charge in [0.05, 0.1) is 5.69 Å². The van der Waals surface area contributed by atoms with Crippen LogP contribution in [0.1, 0.15) is 28.8 Å². The molecule has 1 fully saturated rings. The topological polar surface area (TPSA) is 41.4 Å². The van der Waals surface area contributed by atoms with E-state index in [2.05, 4.69) is 16.1 Å². The summed E-state index contributed by atoms with van der Waals surface area (Å²) in [6, 6.07) is 7.94. The lowest BCUT2D eigenvalue weighted by Crippen LogP contribution is -2.42. The van der Waals surface area contributed by atoms with Crippen molar-refractivity contribution in [1.29, 1.82) is 0 Å². The molecule has 2 aromatic rings. The van der Waals surface area contributed by atoms with Crippen molar-refractivity contribution in [2.24, 2.45) is 0 Å². The van der Waals surface area contributed by atoms with E-state index in [-0.39, 0.29) is 5.91 Å². The molecule has 2 aliphatic rings. The number of carbonyl (C=O) groups is 1. The molecular formula is C18H22N4O. The summed E-state index contributed by atoms with van der Waals surface area (Å²) >= 11 is 0. The molecule has 0 N–H and O–H groups in total. The fourth-order valence-corrected chi connectivity index (χ4v) is 3.57. The highest BCUT2D eigenvalue weighted by Gasteiger charge is 2.25. The van der Waals surface area contributed by atoms with Gasteiger partial charge in [0.25, 0.3) is 5.91 Å². The molecule has 1 saturated heterocycles. The van der Waals surface area contributed by atoms with Crippen LogP contribution in [0.15, 0.2) is 36.7 Å². The van der Waals surface area contributed by atoms with Crippen molar-refractivity contribution in [2.45, 2.75) is 19.3 Å². The summed E-state index contributed by atoms with van der Waals surface area (Å²) in [5.41, 5.74) is 3.01. The van der Waals surface area contributed by atoms with Gasteiger partial charge in [0.2, 0.25) is 0 Å². The molecule has 120 valence electrons. The molecule has 0 spiro atoms. The molecule has 23 heavy (non-hydrogen) atoms. The summed E-state index contributed by atoms with van der Waals surface area (Å²) in [7, 11) is 0. The van der Waals surface area contributed by atoms with Crippen LogP contribution in [0.25, 0.3) is 5.69 Å². The molecule has 5 heteroatoms. The number of carbonyl (C=O) groups excluding carboxylic acids is 1. The first-order valence-electron chi connectivity index (χ1n) is 8.46. The maximum Gasteiger partial charge on any atom is 0.254 e. The standard InChI is InChI=1S/C18H22N4O/c23-18-17-5-4-16(22-10-3-7-19-22)14-15(17)6-11-21(18)13-12-20-8-1-2-9-20/h3-5,7,10,14H,1-2,6,8-9,11-13H2. The number of likely N-dealkylation sites (tertiary alicyclic amines) is 1. The van der Waals surface area contributed by atoms with Crippen LogP contribution < -0.4 is 0 Å². The largest absolute Gasteiger partial charge is 0.337 e. The maximum atomic E-state index is 12.7. The zero-order valence-corrected chi connectivity index (χ0v) is 13.3. The smallest absolute Gasteiger partial charge is 0.254 e. The first kappa shape index (κ1) is 14.5. The molecular weight excluding hydrogens is 288 g/mol.